The zero-order valence-electron chi connectivity index (χ0n) is 13.3. The lowest BCUT2D eigenvalue weighted by Gasteiger charge is -2.26. The summed E-state index contributed by atoms with van der Waals surface area (Å²) < 4.78 is 5.35. The number of aliphatic hydroxyl groups is 1. The van der Waals surface area contributed by atoms with Crippen LogP contribution >= 0.6 is 11.6 Å². The van der Waals surface area contributed by atoms with Crippen molar-refractivity contribution in [1.82, 2.24) is 0 Å². The molecule has 0 radical (unpaired) electrons. The Morgan fingerprint density at radius 3 is 2.96 bits per heavy atom. The third-order valence-corrected chi connectivity index (χ3v) is 4.75. The predicted molar refractivity (Wildman–Crippen MR) is 90.6 cm³/mol. The van der Waals surface area contributed by atoms with Crippen molar-refractivity contribution in [3.05, 3.63) is 52.6 Å². The van der Waals surface area contributed by atoms with Gasteiger partial charge in [-0.3, -0.25) is 4.79 Å². The normalized spacial score (nSPS) is 26.4. The van der Waals surface area contributed by atoms with Crippen LogP contribution in [0.1, 0.15) is 25.3 Å². The number of rotatable bonds is 4. The van der Waals surface area contributed by atoms with Gasteiger partial charge in [-0.1, -0.05) is 35.4 Å². The van der Waals surface area contributed by atoms with Gasteiger partial charge < -0.3 is 14.7 Å². The van der Waals surface area contributed by atoms with Crippen LogP contribution in [-0.2, 0) is 15.1 Å². The second-order valence-corrected chi connectivity index (χ2v) is 6.37. The van der Waals surface area contributed by atoms with Crippen LogP contribution < -0.4 is 4.90 Å². The fourth-order valence-corrected chi connectivity index (χ4v) is 3.51. The highest BCUT2D eigenvalue weighted by Crippen LogP contribution is 2.45. The Labute approximate surface area is 141 Å². The first-order valence-corrected chi connectivity index (χ1v) is 8.10. The third-order valence-electron chi connectivity index (χ3n) is 4.52. The summed E-state index contributed by atoms with van der Waals surface area (Å²) in [6, 6.07) is 5.23. The van der Waals surface area contributed by atoms with Crippen LogP contribution in [0, 0.1) is 0 Å². The molecule has 122 valence electrons. The summed E-state index contributed by atoms with van der Waals surface area (Å²) in [6.45, 7) is 2.40. The maximum Gasteiger partial charge on any atom is 0.264 e. The lowest BCUT2D eigenvalue weighted by atomic mass is 9.85. The number of hydrogen-bond donors (Lipinski definition) is 1. The number of carbonyl (C=O) groups excluding carboxylic acids is 1. The molecule has 2 unspecified atom stereocenters. The Kier molecular flexibility index (Phi) is 4.32. The highest BCUT2D eigenvalue weighted by molar-refractivity contribution is 6.31. The zero-order chi connectivity index (χ0) is 16.6. The van der Waals surface area contributed by atoms with Crippen LogP contribution in [0.15, 0.2) is 42.0 Å². The van der Waals surface area contributed by atoms with E-state index in [0.29, 0.717) is 23.6 Å². The molecule has 2 atom stereocenters. The molecule has 1 aliphatic heterocycles. The molecule has 1 N–H and O–H groups in total. The SMILES string of the molecule is CCN1C(=O)C(O)(CC2=CC=CC(OC)C2)c2cc(Cl)ccc21. The van der Waals surface area contributed by atoms with Crippen LogP contribution in [0.4, 0.5) is 5.69 Å². The maximum absolute atomic E-state index is 12.8. The second-order valence-electron chi connectivity index (χ2n) is 5.94. The molecule has 23 heavy (non-hydrogen) atoms. The van der Waals surface area contributed by atoms with Crippen molar-refractivity contribution in [2.75, 3.05) is 18.6 Å². The van der Waals surface area contributed by atoms with Gasteiger partial charge in [0, 0.05) is 30.7 Å². The van der Waals surface area contributed by atoms with E-state index in [-0.39, 0.29) is 18.4 Å². The van der Waals surface area contributed by atoms with Gasteiger partial charge in [0.2, 0.25) is 0 Å². The fourth-order valence-electron chi connectivity index (χ4n) is 3.34. The van der Waals surface area contributed by atoms with E-state index >= 15 is 0 Å². The number of likely N-dealkylation sites (N-methyl/N-ethyl adjacent to an activating group) is 1. The summed E-state index contributed by atoms with van der Waals surface area (Å²) in [5, 5.41) is 11.7. The molecule has 0 aromatic heterocycles. The number of allylic oxidation sites excluding steroid dienone is 2. The molecule has 4 nitrogen and oxygen atoms in total. The Balaban J connectivity index is 1.98. The third kappa shape index (κ3) is 2.71. The molecule has 0 spiro atoms. The van der Waals surface area contributed by atoms with Gasteiger partial charge in [0.15, 0.2) is 5.60 Å². The van der Waals surface area contributed by atoms with Gasteiger partial charge in [0.25, 0.3) is 5.91 Å². The molecule has 0 bridgehead atoms. The van der Waals surface area contributed by atoms with Crippen molar-refractivity contribution in [2.45, 2.75) is 31.5 Å². The van der Waals surface area contributed by atoms with Crippen molar-refractivity contribution in [3.63, 3.8) is 0 Å². The maximum atomic E-state index is 12.8. The Hall–Kier alpha value is -1.62. The minimum atomic E-state index is -1.56. The lowest BCUT2D eigenvalue weighted by molar-refractivity contribution is -0.136. The van der Waals surface area contributed by atoms with Gasteiger partial charge >= 0.3 is 0 Å². The van der Waals surface area contributed by atoms with Crippen molar-refractivity contribution < 1.29 is 14.6 Å². The van der Waals surface area contributed by atoms with E-state index in [1.54, 1.807) is 30.2 Å². The quantitative estimate of drug-likeness (QED) is 0.920. The summed E-state index contributed by atoms with van der Waals surface area (Å²) in [5.74, 6) is -0.290. The van der Waals surface area contributed by atoms with Gasteiger partial charge in [-0.15, -0.1) is 0 Å². The number of carbonyl (C=O) groups is 1. The van der Waals surface area contributed by atoms with Crippen LogP contribution in [0.5, 0.6) is 0 Å². The van der Waals surface area contributed by atoms with Crippen LogP contribution in [-0.4, -0.2) is 30.8 Å². The van der Waals surface area contributed by atoms with Crippen molar-refractivity contribution in [1.29, 1.82) is 0 Å². The standard InChI is InChI=1S/C18H20ClNO3/c1-3-20-16-8-7-13(19)10-15(16)18(22,17(20)21)11-12-5-4-6-14(9-12)23-2/h4-8,10,14,22H,3,9,11H2,1-2H3. The molecule has 1 aliphatic carbocycles. The number of benzene rings is 1. The van der Waals surface area contributed by atoms with E-state index < -0.39 is 5.60 Å². The predicted octanol–water partition coefficient (Wildman–Crippen LogP) is 3.19. The van der Waals surface area contributed by atoms with Crippen LogP contribution in [0.3, 0.4) is 0 Å². The first-order valence-electron chi connectivity index (χ1n) is 7.73. The largest absolute Gasteiger partial charge is 0.377 e. The average molecular weight is 334 g/mol. The van der Waals surface area contributed by atoms with Gasteiger partial charge in [-0.05, 0) is 31.5 Å². The lowest BCUT2D eigenvalue weighted by Crippen LogP contribution is -2.40. The molecule has 1 aromatic carbocycles. The number of methoxy groups -OCH3 is 1. The molecular weight excluding hydrogens is 314 g/mol. The summed E-state index contributed by atoms with van der Waals surface area (Å²) >= 11 is 6.09. The smallest absolute Gasteiger partial charge is 0.264 e. The molecule has 1 heterocycles. The molecular formula is C18H20ClNO3. The number of halogens is 1. The first-order chi connectivity index (χ1) is 11.0. The van der Waals surface area contributed by atoms with E-state index in [1.165, 1.54) is 0 Å². The molecule has 0 saturated carbocycles. The summed E-state index contributed by atoms with van der Waals surface area (Å²) in [6.07, 6.45) is 6.72. The van der Waals surface area contributed by atoms with E-state index in [4.69, 9.17) is 16.3 Å². The summed E-state index contributed by atoms with van der Waals surface area (Å²) in [7, 11) is 1.65. The van der Waals surface area contributed by atoms with Crippen LogP contribution in [0.25, 0.3) is 0 Å². The highest BCUT2D eigenvalue weighted by Gasteiger charge is 2.49. The molecule has 1 amide bonds. The number of fused-ring (bicyclic) bond motifs is 1. The van der Waals surface area contributed by atoms with E-state index in [2.05, 4.69) is 0 Å². The minimum absolute atomic E-state index is 0.0174. The molecule has 5 heteroatoms. The zero-order valence-corrected chi connectivity index (χ0v) is 14.0. The average Bonchev–Trinajstić information content (AvgIpc) is 2.75. The van der Waals surface area contributed by atoms with Gasteiger partial charge in [0.05, 0.1) is 11.8 Å². The molecule has 0 saturated heterocycles. The first kappa shape index (κ1) is 16.2. The summed E-state index contributed by atoms with van der Waals surface area (Å²) in [4.78, 5) is 14.4. The molecule has 1 aromatic rings. The van der Waals surface area contributed by atoms with Gasteiger partial charge in [-0.25, -0.2) is 0 Å². The van der Waals surface area contributed by atoms with E-state index in [9.17, 15) is 9.90 Å². The van der Waals surface area contributed by atoms with E-state index in [1.807, 2.05) is 25.2 Å². The number of ether oxygens (including phenoxy) is 1. The summed E-state index contributed by atoms with van der Waals surface area (Å²) in [5.41, 5.74) is 0.742. The topological polar surface area (TPSA) is 49.8 Å². The van der Waals surface area contributed by atoms with Crippen LogP contribution in [0.2, 0.25) is 5.02 Å². The highest BCUT2D eigenvalue weighted by atomic mass is 35.5. The van der Waals surface area contributed by atoms with Gasteiger partial charge in [-0.2, -0.15) is 0 Å². The number of hydrogen-bond acceptors (Lipinski definition) is 3. The van der Waals surface area contributed by atoms with Gasteiger partial charge in [0.1, 0.15) is 0 Å². The number of anilines is 1. The Bertz CT molecular complexity index is 698. The molecule has 0 fully saturated rings. The number of nitrogens with zero attached hydrogens (tertiary/aromatic N) is 1. The molecule has 3 rings (SSSR count). The minimum Gasteiger partial charge on any atom is -0.377 e. The van der Waals surface area contributed by atoms with Crippen molar-refractivity contribution in [3.8, 4) is 0 Å². The van der Waals surface area contributed by atoms with Crippen molar-refractivity contribution >= 4 is 23.2 Å². The van der Waals surface area contributed by atoms with Crippen molar-refractivity contribution in [2.24, 2.45) is 0 Å². The second kappa shape index (κ2) is 6.11. The number of amides is 1. The molecule has 2 aliphatic rings. The Morgan fingerprint density at radius 1 is 1.48 bits per heavy atom. The monoisotopic (exact) mass is 333 g/mol. The fraction of sp³-hybridized carbons (Fsp3) is 0.389. The van der Waals surface area contributed by atoms with E-state index in [0.717, 1.165) is 11.3 Å². The Morgan fingerprint density at radius 2 is 2.26 bits per heavy atom.